The largest absolute Gasteiger partial charge is 0.462 e. The second kappa shape index (κ2) is 12.2. The number of para-hydroxylation sites is 1. The molecule has 0 amide bonds. The summed E-state index contributed by atoms with van der Waals surface area (Å²) >= 11 is 1.41. The number of nitrogens with one attached hydrogen (secondary N) is 1. The molecule has 1 fully saturated rings. The van der Waals surface area contributed by atoms with Crippen molar-refractivity contribution in [2.24, 2.45) is 21.6 Å². The minimum Gasteiger partial charge on any atom is -0.462 e. The van der Waals surface area contributed by atoms with E-state index in [-0.39, 0.29) is 30.0 Å². The SMILES string of the molecule is C=C1N=C(N)N=CN1[C@H]1C[C@@H](O)[C@@H](COP(=O)(N[C@H](C(=O)OC(C)C)C(C)C)Oc2ccccc2)S1. The Morgan fingerprint density at radius 1 is 1.33 bits per heavy atom. The normalized spacial score (nSPS) is 24.5. The van der Waals surface area contributed by atoms with E-state index in [0.717, 1.165) is 0 Å². The van der Waals surface area contributed by atoms with Crippen LogP contribution >= 0.6 is 19.5 Å². The first-order valence-electron chi connectivity index (χ1n) is 11.6. The van der Waals surface area contributed by atoms with E-state index in [2.05, 4.69) is 21.7 Å². The Morgan fingerprint density at radius 2 is 2.03 bits per heavy atom. The van der Waals surface area contributed by atoms with Crippen molar-refractivity contribution in [3.8, 4) is 5.75 Å². The van der Waals surface area contributed by atoms with Crippen molar-refractivity contribution in [1.29, 1.82) is 0 Å². The minimum atomic E-state index is -4.07. The fourth-order valence-corrected chi connectivity index (χ4v) is 6.75. The second-order valence-corrected chi connectivity index (χ2v) is 12.1. The number of guanidine groups is 1. The van der Waals surface area contributed by atoms with Gasteiger partial charge in [-0.25, -0.2) is 9.56 Å². The maximum absolute atomic E-state index is 13.9. The zero-order valence-electron chi connectivity index (χ0n) is 20.8. The highest BCUT2D eigenvalue weighted by atomic mass is 32.2. The lowest BCUT2D eigenvalue weighted by Gasteiger charge is -2.28. The number of rotatable bonds is 11. The third kappa shape index (κ3) is 7.57. The summed E-state index contributed by atoms with van der Waals surface area (Å²) in [5, 5.41) is 12.8. The van der Waals surface area contributed by atoms with Crippen LogP contribution in [0.4, 0.5) is 0 Å². The average Bonchev–Trinajstić information content (AvgIpc) is 3.16. The summed E-state index contributed by atoms with van der Waals surface area (Å²) in [5.74, 6) is 0.0126. The maximum Gasteiger partial charge on any atom is 0.459 e. The molecule has 1 unspecified atom stereocenters. The van der Waals surface area contributed by atoms with Gasteiger partial charge in [-0.15, -0.1) is 11.8 Å². The highest BCUT2D eigenvalue weighted by Gasteiger charge is 2.41. The molecule has 0 bridgehead atoms. The molecule has 36 heavy (non-hydrogen) atoms. The highest BCUT2D eigenvalue weighted by Crippen LogP contribution is 2.47. The van der Waals surface area contributed by atoms with E-state index in [9.17, 15) is 14.5 Å². The van der Waals surface area contributed by atoms with E-state index in [4.69, 9.17) is 19.5 Å². The molecule has 4 N–H and O–H groups in total. The molecule has 0 aliphatic carbocycles. The third-order valence-electron chi connectivity index (χ3n) is 5.32. The van der Waals surface area contributed by atoms with Crippen LogP contribution in [0.5, 0.6) is 5.75 Å². The van der Waals surface area contributed by atoms with Crippen molar-refractivity contribution in [2.75, 3.05) is 6.61 Å². The third-order valence-corrected chi connectivity index (χ3v) is 8.39. The van der Waals surface area contributed by atoms with E-state index >= 15 is 0 Å². The van der Waals surface area contributed by atoms with Crippen LogP contribution < -0.4 is 15.3 Å². The number of aliphatic hydroxyl groups excluding tert-OH is 1. The Hall–Kier alpha value is -2.37. The fraction of sp³-hybridized carbons (Fsp3) is 0.522. The Morgan fingerprint density at radius 3 is 2.64 bits per heavy atom. The molecule has 198 valence electrons. The van der Waals surface area contributed by atoms with Crippen LogP contribution in [-0.2, 0) is 18.6 Å². The van der Waals surface area contributed by atoms with E-state index in [1.165, 1.54) is 18.1 Å². The van der Waals surface area contributed by atoms with Gasteiger partial charge in [0.25, 0.3) is 0 Å². The lowest BCUT2D eigenvalue weighted by atomic mass is 10.1. The van der Waals surface area contributed by atoms with Crippen LogP contribution in [0.15, 0.2) is 52.7 Å². The molecule has 1 saturated heterocycles. The smallest absolute Gasteiger partial charge is 0.459 e. The van der Waals surface area contributed by atoms with Gasteiger partial charge in [0.15, 0.2) is 0 Å². The monoisotopic (exact) mass is 539 g/mol. The number of nitrogens with two attached hydrogens (primary N) is 1. The molecular formula is C23H34N5O6PS. The number of esters is 1. The van der Waals surface area contributed by atoms with Crippen molar-refractivity contribution >= 4 is 37.8 Å². The van der Waals surface area contributed by atoms with Gasteiger partial charge in [0.05, 0.1) is 29.4 Å². The van der Waals surface area contributed by atoms with Gasteiger partial charge in [0.2, 0.25) is 5.96 Å². The minimum absolute atomic E-state index is 0.105. The molecule has 3 rings (SSSR count). The van der Waals surface area contributed by atoms with Crippen LogP contribution in [0.3, 0.4) is 0 Å². The van der Waals surface area contributed by atoms with Gasteiger partial charge in [0, 0.05) is 6.42 Å². The van der Waals surface area contributed by atoms with Crippen molar-refractivity contribution in [2.45, 2.75) is 63.0 Å². The molecule has 11 nitrogen and oxygen atoms in total. The number of benzene rings is 1. The van der Waals surface area contributed by atoms with Crippen LogP contribution in [0.25, 0.3) is 0 Å². The van der Waals surface area contributed by atoms with Crippen LogP contribution in [-0.4, -0.2) is 63.8 Å². The van der Waals surface area contributed by atoms with Gasteiger partial charge in [-0.3, -0.25) is 9.32 Å². The molecular weight excluding hydrogens is 505 g/mol. The Bertz CT molecular complexity index is 1040. The molecule has 2 aliphatic heterocycles. The van der Waals surface area contributed by atoms with E-state index in [1.807, 2.05) is 0 Å². The molecule has 0 aromatic heterocycles. The number of ether oxygens (including phenoxy) is 1. The number of carbonyl (C=O) groups excluding carboxylic acids is 1. The summed E-state index contributed by atoms with van der Waals surface area (Å²) in [6, 6.07) is 7.59. The lowest BCUT2D eigenvalue weighted by molar-refractivity contribution is -0.150. The molecule has 1 aromatic carbocycles. The standard InChI is InChI=1S/C23H34N5O6PS/c1-14(2)21(22(30)33-15(3)4)27-35(31,34-17-9-7-6-8-10-17)32-12-19-18(29)11-20(36-19)28-13-25-23(24)26-16(28)5/h6-10,13-15,18-21,29H,5,11-12H2,1-4H3,(H2,24,26)(H,27,31)/t18-,19-,20-,21+,35?/m1/s1. The van der Waals surface area contributed by atoms with E-state index in [0.29, 0.717) is 18.0 Å². The first-order chi connectivity index (χ1) is 17.0. The summed E-state index contributed by atoms with van der Waals surface area (Å²) in [5.41, 5.74) is 5.61. The molecule has 2 aliphatic rings. The summed E-state index contributed by atoms with van der Waals surface area (Å²) in [6.07, 6.45) is 0.801. The van der Waals surface area contributed by atoms with Gasteiger partial charge in [0.1, 0.15) is 24.0 Å². The van der Waals surface area contributed by atoms with Gasteiger partial charge in [-0.05, 0) is 31.9 Å². The number of thioether (sulfide) groups is 1. The second-order valence-electron chi connectivity index (χ2n) is 9.00. The number of hydrogen-bond acceptors (Lipinski definition) is 11. The first kappa shape index (κ1) is 28.2. The Labute approximate surface area is 215 Å². The van der Waals surface area contributed by atoms with Crippen molar-refractivity contribution < 1.29 is 28.3 Å². The van der Waals surface area contributed by atoms with Crippen LogP contribution in [0.2, 0.25) is 0 Å². The Balaban J connectivity index is 1.73. The van der Waals surface area contributed by atoms with Crippen molar-refractivity contribution in [1.82, 2.24) is 9.99 Å². The summed E-state index contributed by atoms with van der Waals surface area (Å²) < 4.78 is 30.8. The lowest BCUT2D eigenvalue weighted by Crippen LogP contribution is -2.42. The van der Waals surface area contributed by atoms with Gasteiger partial charge < -0.3 is 25.0 Å². The van der Waals surface area contributed by atoms with Gasteiger partial charge in [-0.1, -0.05) is 38.6 Å². The number of nitrogens with zero attached hydrogens (tertiary/aromatic N) is 3. The molecule has 13 heteroatoms. The molecule has 0 radical (unpaired) electrons. The van der Waals surface area contributed by atoms with Gasteiger partial charge in [-0.2, -0.15) is 10.1 Å². The first-order valence-corrected chi connectivity index (χ1v) is 14.1. The number of hydrogen-bond donors (Lipinski definition) is 3. The number of aliphatic hydroxyl groups is 1. The highest BCUT2D eigenvalue weighted by molar-refractivity contribution is 8.00. The van der Waals surface area contributed by atoms with E-state index < -0.39 is 31.1 Å². The zero-order valence-corrected chi connectivity index (χ0v) is 22.5. The molecule has 0 saturated carbocycles. The Kier molecular flexibility index (Phi) is 9.59. The average molecular weight is 540 g/mol. The molecule has 2 heterocycles. The summed E-state index contributed by atoms with van der Waals surface area (Å²) in [6.45, 7) is 10.9. The zero-order chi connectivity index (χ0) is 26.5. The topological polar surface area (TPSA) is 148 Å². The summed E-state index contributed by atoms with van der Waals surface area (Å²) in [4.78, 5) is 22.5. The van der Waals surface area contributed by atoms with Crippen LogP contribution in [0.1, 0.15) is 34.1 Å². The molecule has 5 atom stereocenters. The van der Waals surface area contributed by atoms with Gasteiger partial charge >= 0.3 is 13.7 Å². The van der Waals surface area contributed by atoms with Crippen molar-refractivity contribution in [3.63, 3.8) is 0 Å². The number of aliphatic imine (C=N–C) groups is 2. The summed E-state index contributed by atoms with van der Waals surface area (Å²) in [7, 11) is -4.07. The molecule has 1 aromatic rings. The van der Waals surface area contributed by atoms with E-state index in [1.54, 1.807) is 62.9 Å². The predicted octanol–water partition coefficient (Wildman–Crippen LogP) is 3.08. The maximum atomic E-state index is 13.9. The van der Waals surface area contributed by atoms with Crippen molar-refractivity contribution in [3.05, 3.63) is 42.7 Å². The molecule has 0 spiro atoms. The number of carbonyl (C=O) groups is 1. The quantitative estimate of drug-likeness (QED) is 0.283. The fourth-order valence-electron chi connectivity index (χ4n) is 3.51. The van der Waals surface area contributed by atoms with Crippen LogP contribution in [0, 0.1) is 5.92 Å². The predicted molar refractivity (Wildman–Crippen MR) is 141 cm³/mol.